The number of ether oxygens (including phenoxy) is 3. The molecule has 0 rings (SSSR count). The molecule has 0 atom stereocenters. The average Bonchev–Trinajstić information content (AvgIpc) is 2.59. The number of allylic oxidation sites excluding steroid dienone is 5. The molecule has 0 aliphatic heterocycles. The van der Waals surface area contributed by atoms with Crippen molar-refractivity contribution in [2.24, 2.45) is 0 Å². The zero-order valence-corrected chi connectivity index (χ0v) is 20.6. The first-order valence-corrected chi connectivity index (χ1v) is 10.9. The van der Waals surface area contributed by atoms with E-state index in [1.54, 1.807) is 20.3 Å². The molecular formula is C26H44O4. The van der Waals surface area contributed by atoms with Crippen molar-refractivity contribution in [1.29, 1.82) is 0 Å². The van der Waals surface area contributed by atoms with Crippen LogP contribution in [0.25, 0.3) is 0 Å². The highest BCUT2D eigenvalue weighted by molar-refractivity contribution is 5.83. The standard InChI is InChI=1S/C26H44O4/c1-21(2)12-9-13-22(3)14-10-15-23(19-28-7)16-11-17-24(20-29-8)18-25(27)30-26(4,5)6/h12,14,16,18H,9-11,13,15,17,19-20H2,1-8H3/b22-14+,23-16-,24-18-. The van der Waals surface area contributed by atoms with Crippen LogP contribution in [0.3, 0.4) is 0 Å². The van der Waals surface area contributed by atoms with Crippen molar-refractivity contribution in [3.63, 3.8) is 0 Å². The van der Waals surface area contributed by atoms with Crippen molar-refractivity contribution in [1.82, 2.24) is 0 Å². The van der Waals surface area contributed by atoms with Gasteiger partial charge in [0, 0.05) is 20.3 Å². The second-order valence-electron chi connectivity index (χ2n) is 9.01. The van der Waals surface area contributed by atoms with E-state index in [4.69, 9.17) is 14.2 Å². The molecule has 0 radical (unpaired) electrons. The van der Waals surface area contributed by atoms with Crippen LogP contribution in [-0.2, 0) is 19.0 Å². The van der Waals surface area contributed by atoms with Gasteiger partial charge in [-0.25, -0.2) is 4.79 Å². The van der Waals surface area contributed by atoms with Crippen LogP contribution in [0.2, 0.25) is 0 Å². The molecule has 0 aromatic rings. The lowest BCUT2D eigenvalue weighted by molar-refractivity contribution is -0.148. The van der Waals surface area contributed by atoms with Crippen LogP contribution in [-0.4, -0.2) is 39.0 Å². The first kappa shape index (κ1) is 28.4. The molecule has 0 unspecified atom stereocenters. The number of esters is 1. The number of carbonyl (C=O) groups is 1. The van der Waals surface area contributed by atoms with Gasteiger partial charge in [0.05, 0.1) is 13.2 Å². The maximum Gasteiger partial charge on any atom is 0.331 e. The molecule has 0 fully saturated rings. The normalized spacial score (nSPS) is 13.4. The number of hydrogen-bond acceptors (Lipinski definition) is 4. The van der Waals surface area contributed by atoms with E-state index in [-0.39, 0.29) is 5.97 Å². The predicted molar refractivity (Wildman–Crippen MR) is 127 cm³/mol. The van der Waals surface area contributed by atoms with E-state index in [0.29, 0.717) is 13.2 Å². The van der Waals surface area contributed by atoms with E-state index in [1.807, 2.05) is 20.8 Å². The first-order valence-electron chi connectivity index (χ1n) is 10.9. The molecule has 0 aromatic heterocycles. The molecule has 0 saturated carbocycles. The lowest BCUT2D eigenvalue weighted by Gasteiger charge is -2.18. The molecule has 0 spiro atoms. The monoisotopic (exact) mass is 420 g/mol. The van der Waals surface area contributed by atoms with Gasteiger partial charge in [-0.2, -0.15) is 0 Å². The van der Waals surface area contributed by atoms with E-state index in [1.165, 1.54) is 16.7 Å². The minimum absolute atomic E-state index is 0.315. The topological polar surface area (TPSA) is 44.8 Å². The molecule has 0 bridgehead atoms. The van der Waals surface area contributed by atoms with Crippen molar-refractivity contribution >= 4 is 5.97 Å². The van der Waals surface area contributed by atoms with Gasteiger partial charge in [-0.05, 0) is 91.2 Å². The molecule has 4 nitrogen and oxygen atoms in total. The van der Waals surface area contributed by atoms with Crippen molar-refractivity contribution in [3.8, 4) is 0 Å². The Bertz CT molecular complexity index is 611. The van der Waals surface area contributed by atoms with Crippen LogP contribution in [0.1, 0.15) is 80.1 Å². The van der Waals surface area contributed by atoms with Gasteiger partial charge in [-0.1, -0.05) is 29.4 Å². The Balaban J connectivity index is 4.74. The fraction of sp³-hybridized carbons (Fsp3) is 0.654. The SMILES string of the molecule is COC/C(=C\C(=O)OC(C)(C)C)CC/C=C(/CC/C=C(\C)CCC=C(C)C)COC. The summed E-state index contributed by atoms with van der Waals surface area (Å²) in [5.41, 5.74) is 4.55. The fourth-order valence-corrected chi connectivity index (χ4v) is 2.94. The minimum atomic E-state index is -0.491. The summed E-state index contributed by atoms with van der Waals surface area (Å²) in [4.78, 5) is 12.1. The minimum Gasteiger partial charge on any atom is -0.457 e. The van der Waals surface area contributed by atoms with E-state index in [0.717, 1.165) is 44.1 Å². The zero-order chi connectivity index (χ0) is 23.0. The molecule has 0 saturated heterocycles. The molecule has 0 aromatic carbocycles. The third-order valence-corrected chi connectivity index (χ3v) is 4.34. The second-order valence-corrected chi connectivity index (χ2v) is 9.01. The van der Waals surface area contributed by atoms with E-state index >= 15 is 0 Å². The molecule has 0 N–H and O–H groups in total. The highest BCUT2D eigenvalue weighted by atomic mass is 16.6. The second kappa shape index (κ2) is 16.1. The Morgan fingerprint density at radius 2 is 1.30 bits per heavy atom. The Morgan fingerprint density at radius 3 is 1.87 bits per heavy atom. The van der Waals surface area contributed by atoms with Gasteiger partial charge in [0.15, 0.2) is 0 Å². The molecule has 172 valence electrons. The van der Waals surface area contributed by atoms with Gasteiger partial charge in [0.1, 0.15) is 5.60 Å². The molecular weight excluding hydrogens is 376 g/mol. The molecule has 0 amide bonds. The molecule has 4 heteroatoms. The Labute approximate surface area is 185 Å². The summed E-state index contributed by atoms with van der Waals surface area (Å²) >= 11 is 0. The van der Waals surface area contributed by atoms with Crippen molar-refractivity contribution < 1.29 is 19.0 Å². The van der Waals surface area contributed by atoms with Crippen molar-refractivity contribution in [2.45, 2.75) is 85.7 Å². The molecule has 0 aliphatic rings. The number of methoxy groups -OCH3 is 2. The summed E-state index contributed by atoms with van der Waals surface area (Å²) in [6.07, 6.45) is 14.3. The lowest BCUT2D eigenvalue weighted by atomic mass is 10.0. The summed E-state index contributed by atoms with van der Waals surface area (Å²) in [7, 11) is 3.37. The first-order chi connectivity index (χ1) is 14.1. The van der Waals surface area contributed by atoms with Gasteiger partial charge in [-0.3, -0.25) is 0 Å². The summed E-state index contributed by atoms with van der Waals surface area (Å²) < 4.78 is 16.0. The average molecular weight is 421 g/mol. The zero-order valence-electron chi connectivity index (χ0n) is 20.6. The van der Waals surface area contributed by atoms with Gasteiger partial charge in [-0.15, -0.1) is 0 Å². The van der Waals surface area contributed by atoms with Crippen LogP contribution in [0.4, 0.5) is 0 Å². The maximum atomic E-state index is 12.1. The summed E-state index contributed by atoms with van der Waals surface area (Å²) in [5, 5.41) is 0. The summed E-state index contributed by atoms with van der Waals surface area (Å²) in [5.74, 6) is -0.315. The Kier molecular flexibility index (Phi) is 15.2. The molecule has 0 aliphatic carbocycles. The Hall–Kier alpha value is -1.65. The van der Waals surface area contributed by atoms with Gasteiger partial charge >= 0.3 is 5.97 Å². The van der Waals surface area contributed by atoms with Crippen LogP contribution < -0.4 is 0 Å². The van der Waals surface area contributed by atoms with Gasteiger partial charge in [0.2, 0.25) is 0 Å². The third kappa shape index (κ3) is 17.2. The van der Waals surface area contributed by atoms with Crippen LogP contribution in [0, 0.1) is 0 Å². The largest absolute Gasteiger partial charge is 0.457 e. The van der Waals surface area contributed by atoms with Gasteiger partial charge in [0.25, 0.3) is 0 Å². The maximum absolute atomic E-state index is 12.1. The highest BCUT2D eigenvalue weighted by Gasteiger charge is 2.15. The predicted octanol–water partition coefficient (Wildman–Crippen LogP) is 6.73. The van der Waals surface area contributed by atoms with E-state index < -0.39 is 5.60 Å². The fourth-order valence-electron chi connectivity index (χ4n) is 2.94. The molecule has 30 heavy (non-hydrogen) atoms. The number of rotatable bonds is 14. The number of hydrogen-bond donors (Lipinski definition) is 0. The quantitative estimate of drug-likeness (QED) is 0.178. The van der Waals surface area contributed by atoms with E-state index in [9.17, 15) is 4.79 Å². The van der Waals surface area contributed by atoms with Crippen LogP contribution in [0.5, 0.6) is 0 Å². The Morgan fingerprint density at radius 1 is 0.767 bits per heavy atom. The lowest BCUT2D eigenvalue weighted by Crippen LogP contribution is -2.23. The smallest absolute Gasteiger partial charge is 0.331 e. The summed E-state index contributed by atoms with van der Waals surface area (Å²) in [6, 6.07) is 0. The molecule has 0 heterocycles. The van der Waals surface area contributed by atoms with Crippen molar-refractivity contribution in [3.05, 3.63) is 46.6 Å². The van der Waals surface area contributed by atoms with E-state index in [2.05, 4.69) is 39.0 Å². The number of carbonyl (C=O) groups excluding carboxylic acids is 1. The highest BCUT2D eigenvalue weighted by Crippen LogP contribution is 2.15. The van der Waals surface area contributed by atoms with Crippen molar-refractivity contribution in [2.75, 3.05) is 27.4 Å². The summed E-state index contributed by atoms with van der Waals surface area (Å²) in [6.45, 7) is 13.2. The van der Waals surface area contributed by atoms with Crippen LogP contribution >= 0.6 is 0 Å². The van der Waals surface area contributed by atoms with Crippen LogP contribution in [0.15, 0.2) is 46.6 Å². The third-order valence-electron chi connectivity index (χ3n) is 4.34. The van der Waals surface area contributed by atoms with Gasteiger partial charge < -0.3 is 14.2 Å².